The van der Waals surface area contributed by atoms with Gasteiger partial charge in [0.05, 0.1) is 13.0 Å². The number of methoxy groups -OCH3 is 1. The first kappa shape index (κ1) is 21.0. The standard InChI is InChI=1S/C20H29NO6/c1-4-5-10-25-11-6-9-21(13-15(2)20(23)24-3)19(22)16-7-8-17-18(12-16)27-14-26-17/h7-8,12,15H,4-6,9-11,13-14H2,1-3H3. The average molecular weight is 379 g/mol. The Bertz CT molecular complexity index is 633. The maximum atomic E-state index is 13.0. The van der Waals surface area contributed by atoms with Crippen LogP contribution in [0.3, 0.4) is 0 Å². The molecule has 0 saturated carbocycles. The van der Waals surface area contributed by atoms with Crippen LogP contribution in [-0.4, -0.2) is 57.0 Å². The number of rotatable bonds is 11. The number of ether oxygens (including phenoxy) is 4. The van der Waals surface area contributed by atoms with Gasteiger partial charge in [0.15, 0.2) is 11.5 Å². The molecule has 0 fully saturated rings. The Hall–Kier alpha value is -2.28. The van der Waals surface area contributed by atoms with Gasteiger partial charge in [-0.1, -0.05) is 20.3 Å². The van der Waals surface area contributed by atoms with Gasteiger partial charge in [-0.25, -0.2) is 0 Å². The summed E-state index contributed by atoms with van der Waals surface area (Å²) in [6.07, 6.45) is 2.82. The highest BCUT2D eigenvalue weighted by Gasteiger charge is 2.24. The number of nitrogens with zero attached hydrogens (tertiary/aromatic N) is 1. The van der Waals surface area contributed by atoms with Crippen molar-refractivity contribution in [2.45, 2.75) is 33.1 Å². The van der Waals surface area contributed by atoms with Crippen molar-refractivity contribution in [1.29, 1.82) is 0 Å². The zero-order valence-corrected chi connectivity index (χ0v) is 16.4. The summed E-state index contributed by atoms with van der Waals surface area (Å²) in [4.78, 5) is 26.4. The number of esters is 1. The molecule has 7 heteroatoms. The topological polar surface area (TPSA) is 74.3 Å². The van der Waals surface area contributed by atoms with E-state index >= 15 is 0 Å². The summed E-state index contributed by atoms with van der Waals surface area (Å²) >= 11 is 0. The molecule has 1 aliphatic rings. The lowest BCUT2D eigenvalue weighted by Gasteiger charge is -2.25. The summed E-state index contributed by atoms with van der Waals surface area (Å²) in [6.45, 7) is 6.12. The predicted octanol–water partition coefficient (Wildman–Crippen LogP) is 2.87. The SMILES string of the molecule is CCCCOCCCN(CC(C)C(=O)OC)C(=O)c1ccc2c(c1)OCO2. The van der Waals surface area contributed by atoms with E-state index in [0.29, 0.717) is 36.6 Å². The molecule has 7 nitrogen and oxygen atoms in total. The van der Waals surface area contributed by atoms with Crippen LogP contribution >= 0.6 is 0 Å². The lowest BCUT2D eigenvalue weighted by molar-refractivity contribution is -0.145. The van der Waals surface area contributed by atoms with E-state index in [9.17, 15) is 9.59 Å². The molecule has 0 aliphatic carbocycles. The Balaban J connectivity index is 2.00. The third-order valence-electron chi connectivity index (χ3n) is 4.36. The van der Waals surface area contributed by atoms with Crippen molar-refractivity contribution in [3.8, 4) is 11.5 Å². The highest BCUT2D eigenvalue weighted by atomic mass is 16.7. The molecule has 1 aromatic carbocycles. The number of hydrogen-bond acceptors (Lipinski definition) is 6. The van der Waals surface area contributed by atoms with Gasteiger partial charge < -0.3 is 23.8 Å². The third-order valence-corrected chi connectivity index (χ3v) is 4.36. The van der Waals surface area contributed by atoms with Gasteiger partial charge in [-0.2, -0.15) is 0 Å². The second kappa shape index (κ2) is 10.8. The van der Waals surface area contributed by atoms with E-state index in [0.717, 1.165) is 19.4 Å². The second-order valence-electron chi connectivity index (χ2n) is 6.56. The van der Waals surface area contributed by atoms with Crippen LogP contribution in [0.1, 0.15) is 43.5 Å². The molecule has 0 saturated heterocycles. The van der Waals surface area contributed by atoms with Crippen LogP contribution < -0.4 is 9.47 Å². The van der Waals surface area contributed by atoms with E-state index in [1.807, 2.05) is 0 Å². The van der Waals surface area contributed by atoms with E-state index in [4.69, 9.17) is 18.9 Å². The van der Waals surface area contributed by atoms with Gasteiger partial charge in [-0.15, -0.1) is 0 Å². The molecule has 27 heavy (non-hydrogen) atoms. The van der Waals surface area contributed by atoms with E-state index in [2.05, 4.69) is 6.92 Å². The van der Waals surface area contributed by atoms with Gasteiger partial charge in [0, 0.05) is 31.9 Å². The normalized spacial score (nSPS) is 13.3. The number of fused-ring (bicyclic) bond motifs is 1. The van der Waals surface area contributed by atoms with E-state index < -0.39 is 5.92 Å². The summed E-state index contributed by atoms with van der Waals surface area (Å²) in [7, 11) is 1.35. The summed E-state index contributed by atoms with van der Waals surface area (Å²) in [5.41, 5.74) is 0.503. The molecule has 1 aliphatic heterocycles. The van der Waals surface area contributed by atoms with Crippen molar-refractivity contribution in [1.82, 2.24) is 4.90 Å². The largest absolute Gasteiger partial charge is 0.469 e. The monoisotopic (exact) mass is 379 g/mol. The first-order valence-electron chi connectivity index (χ1n) is 9.41. The molecule has 0 aromatic heterocycles. The maximum absolute atomic E-state index is 13.0. The zero-order chi connectivity index (χ0) is 19.6. The van der Waals surface area contributed by atoms with Gasteiger partial charge in [-0.05, 0) is 31.0 Å². The van der Waals surface area contributed by atoms with Crippen molar-refractivity contribution >= 4 is 11.9 Å². The van der Waals surface area contributed by atoms with Gasteiger partial charge in [-0.3, -0.25) is 9.59 Å². The van der Waals surface area contributed by atoms with Crippen molar-refractivity contribution in [3.63, 3.8) is 0 Å². The first-order chi connectivity index (χ1) is 13.1. The summed E-state index contributed by atoms with van der Waals surface area (Å²) in [5.74, 6) is 0.291. The van der Waals surface area contributed by atoms with Gasteiger partial charge in [0.1, 0.15) is 0 Å². The molecular weight excluding hydrogens is 350 g/mol. The van der Waals surface area contributed by atoms with Crippen molar-refractivity contribution in [2.24, 2.45) is 5.92 Å². The molecule has 0 N–H and O–H groups in total. The highest BCUT2D eigenvalue weighted by Crippen LogP contribution is 2.32. The van der Waals surface area contributed by atoms with Crippen LogP contribution in [-0.2, 0) is 14.3 Å². The molecular formula is C20H29NO6. The van der Waals surface area contributed by atoms with Crippen LogP contribution in [0.5, 0.6) is 11.5 Å². The smallest absolute Gasteiger partial charge is 0.310 e. The Morgan fingerprint density at radius 2 is 1.93 bits per heavy atom. The van der Waals surface area contributed by atoms with E-state index in [1.54, 1.807) is 30.0 Å². The second-order valence-corrected chi connectivity index (χ2v) is 6.56. The molecule has 1 unspecified atom stereocenters. The molecule has 0 bridgehead atoms. The Kier molecular flexibility index (Phi) is 8.39. The minimum absolute atomic E-state index is 0.155. The quantitative estimate of drug-likeness (QED) is 0.435. The van der Waals surface area contributed by atoms with Gasteiger partial charge in [0.2, 0.25) is 6.79 Å². The predicted molar refractivity (Wildman–Crippen MR) is 100.0 cm³/mol. The van der Waals surface area contributed by atoms with Crippen LogP contribution in [0.2, 0.25) is 0 Å². The number of benzene rings is 1. The maximum Gasteiger partial charge on any atom is 0.310 e. The first-order valence-corrected chi connectivity index (χ1v) is 9.41. The highest BCUT2D eigenvalue weighted by molar-refractivity contribution is 5.95. The Morgan fingerprint density at radius 1 is 1.19 bits per heavy atom. The average Bonchev–Trinajstić information content (AvgIpc) is 3.16. The minimum Gasteiger partial charge on any atom is -0.469 e. The summed E-state index contributed by atoms with van der Waals surface area (Å²) in [6, 6.07) is 5.12. The molecule has 1 heterocycles. The van der Waals surface area contributed by atoms with Crippen LogP contribution in [0.15, 0.2) is 18.2 Å². The molecule has 0 spiro atoms. The molecule has 1 aromatic rings. The fourth-order valence-corrected chi connectivity index (χ4v) is 2.80. The minimum atomic E-state index is -0.408. The van der Waals surface area contributed by atoms with Gasteiger partial charge in [0.25, 0.3) is 5.91 Å². The molecule has 1 atom stereocenters. The number of hydrogen-bond donors (Lipinski definition) is 0. The van der Waals surface area contributed by atoms with Crippen LogP contribution in [0.4, 0.5) is 0 Å². The van der Waals surface area contributed by atoms with Crippen LogP contribution in [0, 0.1) is 5.92 Å². The number of unbranched alkanes of at least 4 members (excludes halogenated alkanes) is 1. The summed E-state index contributed by atoms with van der Waals surface area (Å²) in [5, 5.41) is 0. The van der Waals surface area contributed by atoms with E-state index in [-0.39, 0.29) is 25.2 Å². The van der Waals surface area contributed by atoms with Crippen molar-refractivity contribution in [3.05, 3.63) is 23.8 Å². The number of carbonyl (C=O) groups excluding carboxylic acids is 2. The number of carbonyl (C=O) groups is 2. The number of amides is 1. The fraction of sp³-hybridized carbons (Fsp3) is 0.600. The van der Waals surface area contributed by atoms with Crippen molar-refractivity contribution in [2.75, 3.05) is 40.2 Å². The Morgan fingerprint density at radius 3 is 2.67 bits per heavy atom. The lowest BCUT2D eigenvalue weighted by atomic mass is 10.1. The van der Waals surface area contributed by atoms with Gasteiger partial charge >= 0.3 is 5.97 Å². The summed E-state index contributed by atoms with van der Waals surface area (Å²) < 4.78 is 21.0. The van der Waals surface area contributed by atoms with Crippen LogP contribution in [0.25, 0.3) is 0 Å². The van der Waals surface area contributed by atoms with E-state index in [1.165, 1.54) is 7.11 Å². The fourth-order valence-electron chi connectivity index (χ4n) is 2.80. The lowest BCUT2D eigenvalue weighted by Crippen LogP contribution is -2.38. The zero-order valence-electron chi connectivity index (χ0n) is 16.4. The van der Waals surface area contributed by atoms with Crippen molar-refractivity contribution < 1.29 is 28.5 Å². The molecule has 2 rings (SSSR count). The third kappa shape index (κ3) is 6.13. The molecule has 150 valence electrons. The molecule has 0 radical (unpaired) electrons. The molecule has 1 amide bonds. The Labute approximate surface area is 160 Å².